The highest BCUT2D eigenvalue weighted by Gasteiger charge is 2.64. The van der Waals surface area contributed by atoms with Crippen LogP contribution in [0, 0.1) is 58.2 Å². The van der Waals surface area contributed by atoms with E-state index in [2.05, 4.69) is 39.9 Å². The Hall–Kier alpha value is -1.68. The molecule has 1 amide bonds. The third-order valence-electron chi connectivity index (χ3n) is 13.2. The third-order valence-corrected chi connectivity index (χ3v) is 13.2. The maximum absolute atomic E-state index is 13.6. The molecule has 4 heteroatoms. The van der Waals surface area contributed by atoms with Crippen LogP contribution in [0.2, 0.25) is 0 Å². The number of Topliss-reactive ketones (excluding diaryl/α,β-unsaturated/α-hetero) is 1. The summed E-state index contributed by atoms with van der Waals surface area (Å²) >= 11 is 0. The van der Waals surface area contributed by atoms with Crippen molar-refractivity contribution in [2.24, 2.45) is 58.2 Å². The molecule has 0 radical (unpaired) electrons. The van der Waals surface area contributed by atoms with Crippen LogP contribution in [0.1, 0.15) is 111 Å². The van der Waals surface area contributed by atoms with Crippen LogP contribution in [-0.2, 0) is 15.2 Å². The normalized spacial score (nSPS) is 43.9. The number of carbonyl (C=O) groups is 2. The Morgan fingerprint density at radius 3 is 2.46 bits per heavy atom. The first-order valence-electron chi connectivity index (χ1n) is 16.2. The second-order valence-corrected chi connectivity index (χ2v) is 15.4. The van der Waals surface area contributed by atoms with Gasteiger partial charge in [-0.3, -0.25) is 9.59 Å². The molecule has 0 aromatic heterocycles. The minimum Gasteiger partial charge on any atom is -0.375 e. The molecule has 4 fully saturated rings. The van der Waals surface area contributed by atoms with Crippen molar-refractivity contribution in [1.82, 2.24) is 0 Å². The fourth-order valence-electron chi connectivity index (χ4n) is 11.1. The van der Waals surface area contributed by atoms with E-state index in [4.69, 9.17) is 0 Å². The summed E-state index contributed by atoms with van der Waals surface area (Å²) in [7, 11) is 0. The predicted molar refractivity (Wildman–Crippen MR) is 156 cm³/mol. The Balaban J connectivity index is 1.24. The van der Waals surface area contributed by atoms with Gasteiger partial charge in [-0.2, -0.15) is 0 Å². The summed E-state index contributed by atoms with van der Waals surface area (Å²) in [5.41, 5.74) is -0.0731. The molecule has 0 saturated heterocycles. The van der Waals surface area contributed by atoms with Crippen molar-refractivity contribution < 1.29 is 14.7 Å². The summed E-state index contributed by atoms with van der Waals surface area (Å²) in [5, 5.41) is 14.8. The fourth-order valence-corrected chi connectivity index (χ4v) is 11.1. The summed E-state index contributed by atoms with van der Waals surface area (Å²) < 4.78 is 0. The molecule has 0 bridgehead atoms. The lowest BCUT2D eigenvalue weighted by Crippen LogP contribution is -2.58. The van der Waals surface area contributed by atoms with Gasteiger partial charge in [-0.1, -0.05) is 72.1 Å². The Morgan fingerprint density at radius 2 is 1.69 bits per heavy atom. The van der Waals surface area contributed by atoms with Crippen molar-refractivity contribution >= 4 is 17.4 Å². The van der Waals surface area contributed by atoms with Crippen molar-refractivity contribution in [2.45, 2.75) is 111 Å². The topological polar surface area (TPSA) is 66.4 Å². The Kier molecular flexibility index (Phi) is 6.84. The molecule has 4 aliphatic carbocycles. The first-order valence-corrected chi connectivity index (χ1v) is 16.2. The Labute approximate surface area is 236 Å². The molecule has 39 heavy (non-hydrogen) atoms. The number of hydrogen-bond acceptors (Lipinski definition) is 3. The number of hydrogen-bond donors (Lipinski definition) is 2. The van der Waals surface area contributed by atoms with Crippen molar-refractivity contribution in [3.63, 3.8) is 0 Å². The molecule has 0 spiro atoms. The van der Waals surface area contributed by atoms with Crippen molar-refractivity contribution in [2.75, 3.05) is 5.32 Å². The van der Waals surface area contributed by atoms with Crippen LogP contribution < -0.4 is 5.32 Å². The van der Waals surface area contributed by atoms with Gasteiger partial charge in [-0.05, 0) is 103 Å². The molecule has 1 aromatic rings. The second kappa shape index (κ2) is 9.71. The monoisotopic (exact) mass is 533 g/mol. The van der Waals surface area contributed by atoms with E-state index in [0.717, 1.165) is 30.1 Å². The summed E-state index contributed by atoms with van der Waals surface area (Å²) in [6.45, 7) is 12.3. The van der Waals surface area contributed by atoms with Gasteiger partial charge in [0.25, 0.3) is 5.91 Å². The summed E-state index contributed by atoms with van der Waals surface area (Å²) in [6, 6.07) is 7.39. The quantitative estimate of drug-likeness (QED) is 0.393. The minimum absolute atomic E-state index is 0.00264. The lowest BCUT2D eigenvalue weighted by atomic mass is 9.43. The van der Waals surface area contributed by atoms with Crippen LogP contribution in [0.3, 0.4) is 0 Å². The smallest absolute Gasteiger partial charge is 0.261 e. The number of para-hydroxylation sites is 1. The minimum atomic E-state index is -1.75. The number of fused-ring (bicyclic) bond motifs is 6. The molecule has 6 rings (SSSR count). The van der Waals surface area contributed by atoms with Crippen LogP contribution in [0.5, 0.6) is 0 Å². The molecular formula is C35H51NO3. The van der Waals surface area contributed by atoms with Gasteiger partial charge in [0.15, 0.2) is 5.60 Å². The molecule has 10 atom stereocenters. The van der Waals surface area contributed by atoms with Crippen LogP contribution in [0.15, 0.2) is 24.3 Å². The van der Waals surface area contributed by atoms with Crippen molar-refractivity contribution in [1.29, 1.82) is 0 Å². The molecule has 1 heterocycles. The maximum atomic E-state index is 13.6. The van der Waals surface area contributed by atoms with Crippen molar-refractivity contribution in [3.05, 3.63) is 29.8 Å². The summed E-state index contributed by atoms with van der Waals surface area (Å²) in [4.78, 5) is 26.9. The van der Waals surface area contributed by atoms with E-state index in [1.807, 2.05) is 24.3 Å². The average Bonchev–Trinajstić information content (AvgIpc) is 3.38. The molecule has 4 saturated carbocycles. The highest BCUT2D eigenvalue weighted by Crippen LogP contribution is 2.69. The van der Waals surface area contributed by atoms with Gasteiger partial charge < -0.3 is 10.4 Å². The lowest BCUT2D eigenvalue weighted by Gasteiger charge is -2.62. The Bertz CT molecular complexity index is 1130. The molecule has 5 aliphatic rings. The molecule has 1 aromatic carbocycles. The highest BCUT2D eigenvalue weighted by molar-refractivity contribution is 6.08. The number of anilines is 1. The third kappa shape index (κ3) is 4.09. The number of nitrogens with one attached hydrogen (secondary N) is 1. The Morgan fingerprint density at radius 1 is 0.949 bits per heavy atom. The SMILES string of the molecule is CC(C)CCC[C@@H](C)[C@H]1CC[C@H]2[C@@H]3CC[C@H]4CC(=O)C(C5(O)C(=O)Nc6ccccc65)C[C@]4(C)[C@H]3CC[C@]12C. The van der Waals surface area contributed by atoms with Gasteiger partial charge in [-0.25, -0.2) is 0 Å². The van der Waals surface area contributed by atoms with E-state index < -0.39 is 17.4 Å². The van der Waals surface area contributed by atoms with E-state index in [1.54, 1.807) is 0 Å². The van der Waals surface area contributed by atoms with Gasteiger partial charge in [0, 0.05) is 17.7 Å². The number of rotatable bonds is 6. The zero-order valence-electron chi connectivity index (χ0n) is 25.0. The molecule has 1 aliphatic heterocycles. The number of aliphatic hydroxyl groups is 1. The number of benzene rings is 1. The molecule has 2 unspecified atom stereocenters. The van der Waals surface area contributed by atoms with Gasteiger partial charge in [0.1, 0.15) is 5.78 Å². The molecular weight excluding hydrogens is 482 g/mol. The van der Waals surface area contributed by atoms with E-state index in [1.165, 1.54) is 51.4 Å². The van der Waals surface area contributed by atoms with Crippen LogP contribution >= 0.6 is 0 Å². The standard InChI is InChI=1S/C35H51NO3/c1-21(2)9-8-10-22(3)25-15-16-26-24-14-13-23-19-31(37)29(20-34(23,5)27(24)17-18-33(25,26)4)35(39)28-11-6-7-12-30(28)36-32(35)38/h6-7,11-12,21-27,29,39H,8-10,13-20H2,1-5H3,(H,36,38)/t22-,23+,24+,25-,26+,27+,29?,33-,34+,35?/m1/s1. The first-order chi connectivity index (χ1) is 18.5. The second-order valence-electron chi connectivity index (χ2n) is 15.4. The largest absolute Gasteiger partial charge is 0.375 e. The van der Waals surface area contributed by atoms with Crippen LogP contribution in [-0.4, -0.2) is 16.8 Å². The van der Waals surface area contributed by atoms with E-state index in [0.29, 0.717) is 47.3 Å². The van der Waals surface area contributed by atoms with E-state index >= 15 is 0 Å². The highest BCUT2D eigenvalue weighted by atomic mass is 16.3. The van der Waals surface area contributed by atoms with Gasteiger partial charge in [0.05, 0.1) is 5.92 Å². The summed E-state index contributed by atoms with van der Waals surface area (Å²) in [6.07, 6.45) is 12.9. The fraction of sp³-hybridized carbons (Fsp3) is 0.771. The summed E-state index contributed by atoms with van der Waals surface area (Å²) in [5.74, 6) is 3.89. The molecule has 2 N–H and O–H groups in total. The van der Waals surface area contributed by atoms with Crippen LogP contribution in [0.4, 0.5) is 5.69 Å². The first kappa shape index (κ1) is 27.5. The zero-order chi connectivity index (χ0) is 27.7. The predicted octanol–water partition coefficient (Wildman–Crippen LogP) is 7.74. The van der Waals surface area contributed by atoms with Gasteiger partial charge in [-0.15, -0.1) is 0 Å². The van der Waals surface area contributed by atoms with E-state index in [-0.39, 0.29) is 11.2 Å². The lowest BCUT2D eigenvalue weighted by molar-refractivity contribution is -0.171. The van der Waals surface area contributed by atoms with Crippen LogP contribution in [0.25, 0.3) is 0 Å². The maximum Gasteiger partial charge on any atom is 0.261 e. The van der Waals surface area contributed by atoms with E-state index in [9.17, 15) is 14.7 Å². The number of carbonyl (C=O) groups excluding carboxylic acids is 2. The van der Waals surface area contributed by atoms with Gasteiger partial charge >= 0.3 is 0 Å². The number of ketones is 1. The zero-order valence-corrected chi connectivity index (χ0v) is 25.0. The number of amides is 1. The molecule has 214 valence electrons. The molecule has 4 nitrogen and oxygen atoms in total. The van der Waals surface area contributed by atoms with Crippen molar-refractivity contribution in [3.8, 4) is 0 Å². The average molecular weight is 534 g/mol. The van der Waals surface area contributed by atoms with Gasteiger partial charge in [0.2, 0.25) is 0 Å².